The number of hydrogen-bond acceptors (Lipinski definition) is 2. The van der Waals surface area contributed by atoms with Crippen molar-refractivity contribution in [2.75, 3.05) is 7.05 Å². The molecule has 0 radical (unpaired) electrons. The number of hydrogen-bond donors (Lipinski definition) is 1. The molecule has 4 heteroatoms. The van der Waals surface area contributed by atoms with Crippen LogP contribution in [-0.4, -0.2) is 7.05 Å². The molecular weight excluding hydrogens is 248 g/mol. The van der Waals surface area contributed by atoms with E-state index in [4.69, 9.17) is 4.74 Å². The molecule has 0 saturated heterocycles. The fourth-order valence-electron chi connectivity index (χ4n) is 1.82. The van der Waals surface area contributed by atoms with Crippen LogP contribution in [0.2, 0.25) is 0 Å². The highest BCUT2D eigenvalue weighted by molar-refractivity contribution is 5.40. The summed E-state index contributed by atoms with van der Waals surface area (Å²) in [5.74, 6) is -0.463. The van der Waals surface area contributed by atoms with Gasteiger partial charge in [-0.15, -0.1) is 0 Å². The predicted octanol–water partition coefficient (Wildman–Crippen LogP) is 4.04. The fraction of sp³-hybridized carbons (Fsp3) is 0.200. The van der Waals surface area contributed by atoms with E-state index in [2.05, 4.69) is 5.32 Å². The summed E-state index contributed by atoms with van der Waals surface area (Å²) in [6, 6.07) is 10.3. The lowest BCUT2D eigenvalue weighted by molar-refractivity contribution is 0.423. The van der Waals surface area contributed by atoms with Crippen molar-refractivity contribution in [2.45, 2.75) is 13.0 Å². The maximum absolute atomic E-state index is 13.9. The summed E-state index contributed by atoms with van der Waals surface area (Å²) in [6.45, 7) is 1.81. The highest BCUT2D eigenvalue weighted by Crippen LogP contribution is 2.32. The summed E-state index contributed by atoms with van der Waals surface area (Å²) < 4.78 is 32.9. The quantitative estimate of drug-likeness (QED) is 0.899. The van der Waals surface area contributed by atoms with Gasteiger partial charge in [0.2, 0.25) is 0 Å². The second kappa shape index (κ2) is 5.80. The lowest BCUT2D eigenvalue weighted by Gasteiger charge is -2.17. The Morgan fingerprint density at radius 3 is 2.26 bits per heavy atom. The number of ether oxygens (including phenoxy) is 1. The van der Waals surface area contributed by atoms with E-state index in [0.717, 1.165) is 0 Å². The van der Waals surface area contributed by atoms with Crippen molar-refractivity contribution in [3.8, 4) is 11.5 Å². The number of halogens is 2. The Balaban J connectivity index is 2.40. The average Bonchev–Trinajstić information content (AvgIpc) is 2.41. The molecule has 0 aliphatic heterocycles. The van der Waals surface area contributed by atoms with Crippen molar-refractivity contribution in [2.24, 2.45) is 0 Å². The Morgan fingerprint density at radius 1 is 0.947 bits per heavy atom. The monoisotopic (exact) mass is 263 g/mol. The van der Waals surface area contributed by atoms with Gasteiger partial charge in [0, 0.05) is 11.6 Å². The Bertz CT molecular complexity index is 572. The molecule has 2 aromatic rings. The lowest BCUT2D eigenvalue weighted by Crippen LogP contribution is -2.15. The molecule has 0 fully saturated rings. The molecule has 0 saturated carbocycles. The Hall–Kier alpha value is -1.94. The van der Waals surface area contributed by atoms with E-state index in [1.54, 1.807) is 25.2 Å². The van der Waals surface area contributed by atoms with Crippen LogP contribution in [0.25, 0.3) is 0 Å². The first kappa shape index (κ1) is 13.5. The van der Waals surface area contributed by atoms with Crippen LogP contribution in [0, 0.1) is 11.6 Å². The van der Waals surface area contributed by atoms with Gasteiger partial charge in [0.05, 0.1) is 0 Å². The van der Waals surface area contributed by atoms with E-state index >= 15 is 0 Å². The standard InChI is InChI=1S/C15H15F2NO/c1-10(18-2)15-12(17)7-5-9-14(15)19-13-8-4-3-6-11(13)16/h3-10,18H,1-2H3. The van der Waals surface area contributed by atoms with Gasteiger partial charge in [-0.05, 0) is 38.2 Å². The van der Waals surface area contributed by atoms with Crippen LogP contribution in [0.4, 0.5) is 8.78 Å². The van der Waals surface area contributed by atoms with Gasteiger partial charge in [-0.1, -0.05) is 18.2 Å². The van der Waals surface area contributed by atoms with Gasteiger partial charge < -0.3 is 10.1 Å². The highest BCUT2D eigenvalue weighted by atomic mass is 19.1. The van der Waals surface area contributed by atoms with Gasteiger partial charge in [-0.2, -0.15) is 0 Å². The van der Waals surface area contributed by atoms with Gasteiger partial charge in [0.25, 0.3) is 0 Å². The van der Waals surface area contributed by atoms with Gasteiger partial charge >= 0.3 is 0 Å². The van der Waals surface area contributed by atoms with E-state index in [9.17, 15) is 8.78 Å². The smallest absolute Gasteiger partial charge is 0.165 e. The normalized spacial score (nSPS) is 12.2. The second-order valence-corrected chi connectivity index (χ2v) is 4.19. The first-order chi connectivity index (χ1) is 9.13. The highest BCUT2D eigenvalue weighted by Gasteiger charge is 2.16. The summed E-state index contributed by atoms with van der Waals surface area (Å²) in [4.78, 5) is 0. The van der Waals surface area contributed by atoms with E-state index < -0.39 is 5.82 Å². The van der Waals surface area contributed by atoms with Gasteiger partial charge in [-0.3, -0.25) is 0 Å². The van der Waals surface area contributed by atoms with Crippen LogP contribution in [0.5, 0.6) is 11.5 Å². The Kier molecular flexibility index (Phi) is 4.12. The number of para-hydroxylation sites is 1. The minimum absolute atomic E-state index is 0.0812. The first-order valence-corrected chi connectivity index (χ1v) is 6.01. The molecule has 0 bridgehead atoms. The predicted molar refractivity (Wildman–Crippen MR) is 70.3 cm³/mol. The number of rotatable bonds is 4. The summed E-state index contributed by atoms with van der Waals surface area (Å²) in [5, 5.41) is 2.95. The average molecular weight is 263 g/mol. The zero-order valence-electron chi connectivity index (χ0n) is 10.8. The van der Waals surface area contributed by atoms with E-state index in [1.807, 2.05) is 6.92 Å². The van der Waals surface area contributed by atoms with Gasteiger partial charge in [0.1, 0.15) is 11.6 Å². The van der Waals surface area contributed by atoms with Crippen molar-refractivity contribution < 1.29 is 13.5 Å². The summed E-state index contributed by atoms with van der Waals surface area (Å²) in [6.07, 6.45) is 0. The molecule has 0 heterocycles. The van der Waals surface area contributed by atoms with Crippen LogP contribution in [0.15, 0.2) is 42.5 Å². The van der Waals surface area contributed by atoms with Crippen LogP contribution < -0.4 is 10.1 Å². The van der Waals surface area contributed by atoms with E-state index in [1.165, 1.54) is 24.3 Å². The van der Waals surface area contributed by atoms with Crippen molar-refractivity contribution in [1.82, 2.24) is 5.32 Å². The maximum atomic E-state index is 13.9. The van der Waals surface area contributed by atoms with Crippen molar-refractivity contribution in [3.05, 3.63) is 59.7 Å². The zero-order valence-corrected chi connectivity index (χ0v) is 10.8. The van der Waals surface area contributed by atoms with Gasteiger partial charge in [-0.25, -0.2) is 8.78 Å². The fourth-order valence-corrected chi connectivity index (χ4v) is 1.82. The van der Waals surface area contributed by atoms with Crippen LogP contribution >= 0.6 is 0 Å². The third kappa shape index (κ3) is 2.90. The van der Waals surface area contributed by atoms with Crippen LogP contribution in [0.1, 0.15) is 18.5 Å². The molecule has 2 aromatic carbocycles. The van der Waals surface area contributed by atoms with Crippen molar-refractivity contribution in [1.29, 1.82) is 0 Å². The molecule has 19 heavy (non-hydrogen) atoms. The van der Waals surface area contributed by atoms with Crippen molar-refractivity contribution in [3.63, 3.8) is 0 Å². The summed E-state index contributed by atoms with van der Waals surface area (Å²) in [7, 11) is 1.73. The van der Waals surface area contributed by atoms with Crippen LogP contribution in [0.3, 0.4) is 0 Å². The summed E-state index contributed by atoms with van der Waals surface area (Å²) in [5.41, 5.74) is 0.383. The number of benzene rings is 2. The van der Waals surface area contributed by atoms with E-state index in [-0.39, 0.29) is 17.6 Å². The first-order valence-electron chi connectivity index (χ1n) is 6.01. The molecule has 0 spiro atoms. The third-order valence-electron chi connectivity index (χ3n) is 2.94. The molecule has 0 aliphatic rings. The largest absolute Gasteiger partial charge is 0.454 e. The minimum atomic E-state index is -0.477. The lowest BCUT2D eigenvalue weighted by atomic mass is 10.1. The van der Waals surface area contributed by atoms with E-state index in [0.29, 0.717) is 11.3 Å². The molecular formula is C15H15F2NO. The summed E-state index contributed by atoms with van der Waals surface area (Å²) >= 11 is 0. The molecule has 0 aliphatic carbocycles. The third-order valence-corrected chi connectivity index (χ3v) is 2.94. The zero-order chi connectivity index (χ0) is 13.8. The second-order valence-electron chi connectivity index (χ2n) is 4.19. The maximum Gasteiger partial charge on any atom is 0.165 e. The topological polar surface area (TPSA) is 21.3 Å². The molecule has 100 valence electrons. The molecule has 1 atom stereocenters. The van der Waals surface area contributed by atoms with Gasteiger partial charge in [0.15, 0.2) is 11.6 Å². The molecule has 1 N–H and O–H groups in total. The van der Waals surface area contributed by atoms with Crippen molar-refractivity contribution >= 4 is 0 Å². The number of nitrogens with one attached hydrogen (secondary N) is 1. The molecule has 2 nitrogen and oxygen atoms in total. The molecule has 1 unspecified atom stereocenters. The Labute approximate surface area is 111 Å². The molecule has 0 amide bonds. The molecule has 2 rings (SSSR count). The molecule has 0 aromatic heterocycles. The van der Waals surface area contributed by atoms with Crippen LogP contribution in [-0.2, 0) is 0 Å². The minimum Gasteiger partial charge on any atom is -0.454 e. The Morgan fingerprint density at radius 2 is 1.58 bits per heavy atom. The SMILES string of the molecule is CNC(C)c1c(F)cccc1Oc1ccccc1F.